The Kier molecular flexibility index (Phi) is 5.57. The van der Waals surface area contributed by atoms with Gasteiger partial charge >= 0.3 is 0 Å². The lowest BCUT2D eigenvalue weighted by Crippen LogP contribution is -2.38. The predicted octanol–water partition coefficient (Wildman–Crippen LogP) is 2.53. The van der Waals surface area contributed by atoms with E-state index in [0.29, 0.717) is 6.54 Å². The first-order valence-electron chi connectivity index (χ1n) is 5.45. The fourth-order valence-corrected chi connectivity index (χ4v) is 1.70. The molecular formula is C13H18ClN3. The van der Waals surface area contributed by atoms with Crippen molar-refractivity contribution >= 4 is 17.6 Å². The normalized spacial score (nSPS) is 11.1. The molecule has 0 aliphatic carbocycles. The molecule has 0 fully saturated rings. The van der Waals surface area contributed by atoms with E-state index in [4.69, 9.17) is 11.6 Å². The molecule has 0 saturated carbocycles. The van der Waals surface area contributed by atoms with Crippen molar-refractivity contribution in [1.82, 2.24) is 10.2 Å². The van der Waals surface area contributed by atoms with Crippen molar-refractivity contribution in [3.05, 3.63) is 47.5 Å². The summed E-state index contributed by atoms with van der Waals surface area (Å²) in [6, 6.07) is 7.82. The number of aliphatic imine (C=N–C) groups is 1. The molecule has 0 aromatic heterocycles. The molecule has 0 saturated heterocycles. The number of halogens is 1. The number of nitrogens with one attached hydrogen (secondary N) is 1. The summed E-state index contributed by atoms with van der Waals surface area (Å²) in [5, 5.41) is 3.95. The summed E-state index contributed by atoms with van der Waals surface area (Å²) in [5.74, 6) is 0.824. The maximum atomic E-state index is 6.12. The van der Waals surface area contributed by atoms with Gasteiger partial charge in [-0.2, -0.15) is 0 Å². The molecule has 0 radical (unpaired) electrons. The summed E-state index contributed by atoms with van der Waals surface area (Å²) in [5.41, 5.74) is 1.08. The average Bonchev–Trinajstić information content (AvgIpc) is 2.33. The van der Waals surface area contributed by atoms with E-state index in [1.165, 1.54) is 0 Å². The summed E-state index contributed by atoms with van der Waals surface area (Å²) < 4.78 is 0. The molecule has 0 aliphatic rings. The van der Waals surface area contributed by atoms with Crippen molar-refractivity contribution in [2.75, 3.05) is 20.6 Å². The monoisotopic (exact) mass is 251 g/mol. The van der Waals surface area contributed by atoms with Crippen LogP contribution in [-0.4, -0.2) is 31.5 Å². The van der Waals surface area contributed by atoms with Gasteiger partial charge in [-0.15, -0.1) is 6.58 Å². The minimum Gasteiger partial charge on any atom is -0.353 e. The maximum absolute atomic E-state index is 6.12. The van der Waals surface area contributed by atoms with Gasteiger partial charge in [-0.05, 0) is 11.6 Å². The number of hydrogen-bond acceptors (Lipinski definition) is 1. The fourth-order valence-electron chi connectivity index (χ4n) is 1.51. The molecule has 1 N–H and O–H groups in total. The van der Waals surface area contributed by atoms with Crippen molar-refractivity contribution in [3.8, 4) is 0 Å². The Morgan fingerprint density at radius 1 is 1.53 bits per heavy atom. The summed E-state index contributed by atoms with van der Waals surface area (Å²) in [7, 11) is 3.73. The Morgan fingerprint density at radius 3 is 2.82 bits per heavy atom. The van der Waals surface area contributed by atoms with Crippen LogP contribution in [0.5, 0.6) is 0 Å². The lowest BCUT2D eigenvalue weighted by atomic mass is 10.2. The van der Waals surface area contributed by atoms with Gasteiger partial charge in [0, 0.05) is 32.2 Å². The van der Waals surface area contributed by atoms with E-state index in [9.17, 15) is 0 Å². The van der Waals surface area contributed by atoms with Gasteiger partial charge in [0.2, 0.25) is 0 Å². The number of nitrogens with zero attached hydrogens (tertiary/aromatic N) is 2. The molecule has 1 aromatic rings. The highest BCUT2D eigenvalue weighted by molar-refractivity contribution is 6.31. The number of guanidine groups is 1. The Labute approximate surface area is 108 Å². The topological polar surface area (TPSA) is 27.6 Å². The van der Waals surface area contributed by atoms with Gasteiger partial charge in [0.25, 0.3) is 0 Å². The average molecular weight is 252 g/mol. The van der Waals surface area contributed by atoms with Crippen LogP contribution >= 0.6 is 11.6 Å². The second-order valence-corrected chi connectivity index (χ2v) is 4.07. The minimum absolute atomic E-state index is 0.694. The summed E-state index contributed by atoms with van der Waals surface area (Å²) >= 11 is 6.12. The molecule has 0 atom stereocenters. The largest absolute Gasteiger partial charge is 0.353 e. The highest BCUT2D eigenvalue weighted by Crippen LogP contribution is 2.16. The molecule has 3 nitrogen and oxygen atoms in total. The van der Waals surface area contributed by atoms with Crippen LogP contribution in [0, 0.1) is 0 Å². The van der Waals surface area contributed by atoms with Gasteiger partial charge < -0.3 is 10.2 Å². The van der Waals surface area contributed by atoms with Gasteiger partial charge in [-0.1, -0.05) is 35.9 Å². The molecular weight excluding hydrogens is 234 g/mol. The van der Waals surface area contributed by atoms with E-state index in [0.717, 1.165) is 23.1 Å². The van der Waals surface area contributed by atoms with Crippen LogP contribution in [0.4, 0.5) is 0 Å². The third-order valence-corrected chi connectivity index (χ3v) is 2.71. The van der Waals surface area contributed by atoms with Crippen LogP contribution < -0.4 is 5.32 Å². The van der Waals surface area contributed by atoms with Crippen molar-refractivity contribution in [1.29, 1.82) is 0 Å². The van der Waals surface area contributed by atoms with Gasteiger partial charge in [-0.3, -0.25) is 4.99 Å². The highest BCUT2D eigenvalue weighted by atomic mass is 35.5. The Morgan fingerprint density at radius 2 is 2.24 bits per heavy atom. The Balaban J connectivity index is 2.67. The van der Waals surface area contributed by atoms with Crippen LogP contribution in [0.25, 0.3) is 0 Å². The maximum Gasteiger partial charge on any atom is 0.193 e. The first-order valence-corrected chi connectivity index (χ1v) is 5.83. The first kappa shape index (κ1) is 13.6. The van der Waals surface area contributed by atoms with Crippen LogP contribution in [0.15, 0.2) is 41.9 Å². The summed E-state index contributed by atoms with van der Waals surface area (Å²) in [6.45, 7) is 5.08. The van der Waals surface area contributed by atoms with E-state index in [2.05, 4.69) is 16.9 Å². The van der Waals surface area contributed by atoms with Crippen LogP contribution in [0.2, 0.25) is 5.02 Å². The zero-order chi connectivity index (χ0) is 12.7. The second-order valence-electron chi connectivity index (χ2n) is 3.66. The minimum atomic E-state index is 0.694. The van der Waals surface area contributed by atoms with E-state index in [-0.39, 0.29) is 0 Å². The zero-order valence-electron chi connectivity index (χ0n) is 10.3. The number of rotatable bonds is 4. The van der Waals surface area contributed by atoms with Crippen LogP contribution in [0.3, 0.4) is 0 Å². The molecule has 0 spiro atoms. The van der Waals surface area contributed by atoms with Crippen molar-refractivity contribution < 1.29 is 0 Å². The first-order chi connectivity index (χ1) is 8.19. The quantitative estimate of drug-likeness (QED) is 0.506. The van der Waals surface area contributed by atoms with Gasteiger partial charge in [0.15, 0.2) is 5.96 Å². The van der Waals surface area contributed by atoms with Gasteiger partial charge in [-0.25, -0.2) is 0 Å². The van der Waals surface area contributed by atoms with Gasteiger partial charge in [0.05, 0.1) is 0 Å². The third kappa shape index (κ3) is 4.11. The Hall–Kier alpha value is -1.48. The lowest BCUT2D eigenvalue weighted by molar-refractivity contribution is 0.480. The molecule has 0 amide bonds. The summed E-state index contributed by atoms with van der Waals surface area (Å²) in [4.78, 5) is 6.21. The second kappa shape index (κ2) is 6.97. The predicted molar refractivity (Wildman–Crippen MR) is 74.5 cm³/mol. The summed E-state index contributed by atoms with van der Waals surface area (Å²) in [6.07, 6.45) is 1.80. The van der Waals surface area contributed by atoms with E-state index in [1.54, 1.807) is 13.1 Å². The van der Waals surface area contributed by atoms with Crippen LogP contribution in [0.1, 0.15) is 5.56 Å². The molecule has 0 aliphatic heterocycles. The van der Waals surface area contributed by atoms with Gasteiger partial charge in [0.1, 0.15) is 0 Å². The van der Waals surface area contributed by atoms with Crippen molar-refractivity contribution in [2.24, 2.45) is 4.99 Å². The molecule has 0 heterocycles. The molecule has 1 rings (SSSR count). The standard InChI is InChI=1S/C13H18ClN3/c1-4-9-16-13(15-2)17(3)10-11-7-5-6-8-12(11)14/h4-8H,1,9-10H2,2-3H3,(H,15,16). The molecule has 1 aromatic carbocycles. The molecule has 17 heavy (non-hydrogen) atoms. The SMILES string of the molecule is C=CCNC(=NC)N(C)Cc1ccccc1Cl. The van der Waals surface area contributed by atoms with Crippen LogP contribution in [-0.2, 0) is 6.54 Å². The fraction of sp³-hybridized carbons (Fsp3) is 0.308. The van der Waals surface area contributed by atoms with Crippen molar-refractivity contribution in [2.45, 2.75) is 6.54 Å². The number of hydrogen-bond donors (Lipinski definition) is 1. The molecule has 4 heteroatoms. The Bertz CT molecular complexity index is 401. The van der Waals surface area contributed by atoms with Crippen molar-refractivity contribution in [3.63, 3.8) is 0 Å². The molecule has 0 bridgehead atoms. The molecule has 92 valence electrons. The zero-order valence-corrected chi connectivity index (χ0v) is 11.0. The van der Waals surface area contributed by atoms with E-state index in [1.807, 2.05) is 36.2 Å². The molecule has 0 unspecified atom stereocenters. The van der Waals surface area contributed by atoms with E-state index < -0.39 is 0 Å². The third-order valence-electron chi connectivity index (χ3n) is 2.34. The number of benzene rings is 1. The smallest absolute Gasteiger partial charge is 0.193 e. The lowest BCUT2D eigenvalue weighted by Gasteiger charge is -2.22. The van der Waals surface area contributed by atoms with E-state index >= 15 is 0 Å². The highest BCUT2D eigenvalue weighted by Gasteiger charge is 2.07.